The van der Waals surface area contributed by atoms with Crippen LogP contribution in [-0.2, 0) is 0 Å². The van der Waals surface area contributed by atoms with Gasteiger partial charge in [-0.2, -0.15) is 14.9 Å². The monoisotopic (exact) mass is 428 g/mol. The van der Waals surface area contributed by atoms with Crippen molar-refractivity contribution in [2.24, 2.45) is 5.10 Å². The van der Waals surface area contributed by atoms with E-state index in [4.69, 9.17) is 25.8 Å². The van der Waals surface area contributed by atoms with Crippen molar-refractivity contribution in [1.29, 1.82) is 0 Å². The highest BCUT2D eigenvalue weighted by molar-refractivity contribution is 6.32. The van der Waals surface area contributed by atoms with E-state index in [1.807, 2.05) is 25.1 Å². The lowest BCUT2D eigenvalue weighted by Crippen LogP contribution is -2.22. The second-order valence-corrected chi connectivity index (χ2v) is 6.36. The van der Waals surface area contributed by atoms with Crippen LogP contribution in [0.4, 0.5) is 5.69 Å². The maximum absolute atomic E-state index is 12.5. The number of methoxy groups -OCH3 is 2. The van der Waals surface area contributed by atoms with Gasteiger partial charge in [-0.1, -0.05) is 29.8 Å². The van der Waals surface area contributed by atoms with E-state index in [1.54, 1.807) is 44.7 Å². The first-order valence-corrected chi connectivity index (χ1v) is 9.48. The second-order valence-electron chi connectivity index (χ2n) is 5.98. The van der Waals surface area contributed by atoms with Gasteiger partial charge in [0.25, 0.3) is 5.56 Å². The first kappa shape index (κ1) is 21.2. The highest BCUT2D eigenvalue weighted by atomic mass is 35.5. The van der Waals surface area contributed by atoms with Crippen LogP contribution in [0.2, 0.25) is 5.02 Å². The summed E-state index contributed by atoms with van der Waals surface area (Å²) < 4.78 is 17.6. The first-order valence-electron chi connectivity index (χ1n) is 9.10. The third kappa shape index (κ3) is 4.55. The Bertz CT molecular complexity index is 1070. The lowest BCUT2D eigenvalue weighted by Gasteiger charge is -2.14. The number of para-hydroxylation sites is 1. The molecule has 0 bridgehead atoms. The predicted molar refractivity (Wildman–Crippen MR) is 117 cm³/mol. The molecule has 3 rings (SSSR count). The number of rotatable bonds is 8. The zero-order valence-electron chi connectivity index (χ0n) is 16.8. The Kier molecular flexibility index (Phi) is 6.92. The van der Waals surface area contributed by atoms with Crippen LogP contribution < -0.4 is 25.2 Å². The van der Waals surface area contributed by atoms with Crippen LogP contribution in [0.1, 0.15) is 12.5 Å². The molecule has 0 saturated heterocycles. The number of hydrazone groups is 1. The van der Waals surface area contributed by atoms with Crippen molar-refractivity contribution in [3.05, 3.63) is 69.6 Å². The van der Waals surface area contributed by atoms with Crippen LogP contribution in [0.5, 0.6) is 17.2 Å². The Morgan fingerprint density at radius 1 is 1.17 bits per heavy atom. The average Bonchev–Trinajstić information content (AvgIpc) is 2.78. The molecule has 0 atom stereocenters. The van der Waals surface area contributed by atoms with E-state index < -0.39 is 5.56 Å². The number of aromatic nitrogens is 2. The van der Waals surface area contributed by atoms with Gasteiger partial charge in [0.2, 0.25) is 5.75 Å². The number of hydrogen-bond donors (Lipinski definition) is 1. The Labute approximate surface area is 178 Å². The van der Waals surface area contributed by atoms with E-state index in [9.17, 15) is 4.79 Å². The van der Waals surface area contributed by atoms with Gasteiger partial charge in [-0.3, -0.25) is 10.2 Å². The minimum Gasteiger partial charge on any atom is -0.493 e. The van der Waals surface area contributed by atoms with Crippen molar-refractivity contribution in [2.45, 2.75) is 6.92 Å². The summed E-state index contributed by atoms with van der Waals surface area (Å²) in [7, 11) is 3.09. The number of nitrogens with zero attached hydrogens (tertiary/aromatic N) is 3. The van der Waals surface area contributed by atoms with Crippen LogP contribution in [0.15, 0.2) is 58.6 Å². The van der Waals surface area contributed by atoms with Crippen molar-refractivity contribution >= 4 is 23.5 Å². The molecule has 8 nitrogen and oxygen atoms in total. The van der Waals surface area contributed by atoms with Gasteiger partial charge in [-0.05, 0) is 31.2 Å². The molecule has 0 aliphatic carbocycles. The molecule has 0 aliphatic heterocycles. The van der Waals surface area contributed by atoms with Crippen molar-refractivity contribution in [2.75, 3.05) is 26.3 Å². The molecule has 9 heteroatoms. The normalized spacial score (nSPS) is 10.8. The Balaban J connectivity index is 1.83. The lowest BCUT2D eigenvalue weighted by molar-refractivity contribution is 0.288. The molecule has 0 saturated carbocycles. The third-order valence-corrected chi connectivity index (χ3v) is 4.46. The molecular formula is C21H21ClN4O4. The average molecular weight is 429 g/mol. The minimum absolute atomic E-state index is 0.0205. The summed E-state index contributed by atoms with van der Waals surface area (Å²) in [5, 5.41) is 8.27. The summed E-state index contributed by atoms with van der Waals surface area (Å²) in [4.78, 5) is 12.5. The highest BCUT2D eigenvalue weighted by Gasteiger charge is 2.13. The molecule has 1 heterocycles. The lowest BCUT2D eigenvalue weighted by atomic mass is 10.2. The van der Waals surface area contributed by atoms with Gasteiger partial charge >= 0.3 is 0 Å². The molecule has 0 aliphatic rings. The molecular weight excluding hydrogens is 408 g/mol. The van der Waals surface area contributed by atoms with Crippen LogP contribution >= 0.6 is 11.6 Å². The Hall–Kier alpha value is -3.52. The van der Waals surface area contributed by atoms with Crippen LogP contribution in [0.3, 0.4) is 0 Å². The van der Waals surface area contributed by atoms with Crippen molar-refractivity contribution < 1.29 is 14.2 Å². The van der Waals surface area contributed by atoms with Crippen molar-refractivity contribution in [3.63, 3.8) is 0 Å². The van der Waals surface area contributed by atoms with E-state index >= 15 is 0 Å². The minimum atomic E-state index is -0.451. The summed E-state index contributed by atoms with van der Waals surface area (Å²) in [6.45, 7) is 2.35. The van der Waals surface area contributed by atoms with Crippen LogP contribution in [0.25, 0.3) is 5.69 Å². The number of nitrogens with one attached hydrogen (secondary N) is 1. The van der Waals surface area contributed by atoms with Gasteiger partial charge in [0.05, 0.1) is 38.9 Å². The molecule has 0 spiro atoms. The molecule has 3 aromatic rings. The molecule has 156 valence electrons. The van der Waals surface area contributed by atoms with Gasteiger partial charge < -0.3 is 14.2 Å². The molecule has 0 amide bonds. The first-order chi connectivity index (χ1) is 14.6. The SMILES string of the molecule is CCOc1c(OC)cc(/C=N\Nc2cnn(-c3ccccc3)c(=O)c2Cl)cc1OC. The summed E-state index contributed by atoms with van der Waals surface area (Å²) in [5.41, 5.74) is 3.89. The smallest absolute Gasteiger partial charge is 0.292 e. The third-order valence-electron chi connectivity index (χ3n) is 4.09. The molecule has 2 aromatic carbocycles. The molecule has 0 fully saturated rings. The number of ether oxygens (including phenoxy) is 3. The van der Waals surface area contributed by atoms with E-state index in [-0.39, 0.29) is 10.7 Å². The summed E-state index contributed by atoms with van der Waals surface area (Å²) in [6, 6.07) is 12.5. The fraction of sp³-hybridized carbons (Fsp3) is 0.190. The summed E-state index contributed by atoms with van der Waals surface area (Å²) >= 11 is 6.21. The predicted octanol–water partition coefficient (Wildman–Crippen LogP) is 3.75. The number of anilines is 1. The van der Waals surface area contributed by atoms with E-state index in [1.165, 1.54) is 10.9 Å². The molecule has 0 unspecified atom stereocenters. The van der Waals surface area contributed by atoms with Gasteiger partial charge in [0.15, 0.2) is 11.5 Å². The number of halogens is 1. The zero-order valence-corrected chi connectivity index (χ0v) is 17.5. The quantitative estimate of drug-likeness (QED) is 0.434. The van der Waals surface area contributed by atoms with Gasteiger partial charge in [0.1, 0.15) is 10.7 Å². The van der Waals surface area contributed by atoms with Crippen molar-refractivity contribution in [1.82, 2.24) is 9.78 Å². The van der Waals surface area contributed by atoms with E-state index in [0.29, 0.717) is 35.1 Å². The largest absolute Gasteiger partial charge is 0.493 e. The topological polar surface area (TPSA) is 87.0 Å². The fourth-order valence-electron chi connectivity index (χ4n) is 2.70. The van der Waals surface area contributed by atoms with Crippen LogP contribution in [-0.4, -0.2) is 36.8 Å². The molecule has 30 heavy (non-hydrogen) atoms. The van der Waals surface area contributed by atoms with E-state index in [2.05, 4.69) is 15.6 Å². The highest BCUT2D eigenvalue weighted by Crippen LogP contribution is 2.38. The van der Waals surface area contributed by atoms with Gasteiger partial charge in [-0.15, -0.1) is 0 Å². The summed E-state index contributed by atoms with van der Waals surface area (Å²) in [6.07, 6.45) is 2.98. The summed E-state index contributed by atoms with van der Waals surface area (Å²) in [5.74, 6) is 1.55. The second kappa shape index (κ2) is 9.80. The van der Waals surface area contributed by atoms with Crippen LogP contribution in [0, 0.1) is 0 Å². The fourth-order valence-corrected chi connectivity index (χ4v) is 2.87. The zero-order chi connectivity index (χ0) is 21.5. The van der Waals surface area contributed by atoms with Gasteiger partial charge in [0, 0.05) is 5.56 Å². The maximum Gasteiger partial charge on any atom is 0.292 e. The molecule has 1 N–H and O–H groups in total. The molecule has 0 radical (unpaired) electrons. The Morgan fingerprint density at radius 2 is 1.83 bits per heavy atom. The maximum atomic E-state index is 12.5. The number of hydrogen-bond acceptors (Lipinski definition) is 7. The Morgan fingerprint density at radius 3 is 2.43 bits per heavy atom. The standard InChI is InChI=1S/C21H21ClN4O4/c1-4-30-20-17(28-2)10-14(11-18(20)29-3)12-23-25-16-13-24-26(21(27)19(16)22)15-8-6-5-7-9-15/h5-13,25H,4H2,1-3H3/b23-12-. The molecule has 1 aromatic heterocycles. The van der Waals surface area contributed by atoms with E-state index in [0.717, 1.165) is 0 Å². The van der Waals surface area contributed by atoms with Gasteiger partial charge in [-0.25, -0.2) is 0 Å². The van der Waals surface area contributed by atoms with Crippen molar-refractivity contribution in [3.8, 4) is 22.9 Å². The number of benzene rings is 2.